The highest BCUT2D eigenvalue weighted by Crippen LogP contribution is 2.39. The number of nitrogens with one attached hydrogen (secondary N) is 1. The first-order valence-corrected chi connectivity index (χ1v) is 6.58. The Hall–Kier alpha value is -1.88. The van der Waals surface area contributed by atoms with E-state index in [0.29, 0.717) is 19.6 Å². The van der Waals surface area contributed by atoms with Crippen LogP contribution in [0, 0.1) is 11.8 Å². The molecule has 0 aliphatic heterocycles. The molecule has 1 amide bonds. The highest BCUT2D eigenvalue weighted by molar-refractivity contribution is 5.90. The van der Waals surface area contributed by atoms with E-state index in [-0.39, 0.29) is 23.7 Å². The van der Waals surface area contributed by atoms with Crippen molar-refractivity contribution in [1.29, 1.82) is 0 Å². The van der Waals surface area contributed by atoms with Gasteiger partial charge in [-0.2, -0.15) is 0 Å². The first-order valence-electron chi connectivity index (χ1n) is 6.58. The third-order valence-corrected chi connectivity index (χ3v) is 3.40. The van der Waals surface area contributed by atoms with Crippen LogP contribution in [0.3, 0.4) is 0 Å². The molecule has 0 saturated heterocycles. The molecule has 0 heterocycles. The minimum Gasteiger partial charge on any atom is -0.469 e. The van der Waals surface area contributed by atoms with Crippen LogP contribution in [-0.4, -0.2) is 26.1 Å². The van der Waals surface area contributed by atoms with Crippen molar-refractivity contribution in [1.82, 2.24) is 5.32 Å². The quantitative estimate of drug-likeness (QED) is 0.795. The number of methoxy groups -OCH3 is 2. The monoisotopic (exact) mass is 277 g/mol. The van der Waals surface area contributed by atoms with E-state index in [1.165, 1.54) is 7.11 Å². The Bertz CT molecular complexity index is 500. The Labute approximate surface area is 118 Å². The van der Waals surface area contributed by atoms with E-state index in [1.54, 1.807) is 7.11 Å². The lowest BCUT2D eigenvalue weighted by Crippen LogP contribution is -2.26. The van der Waals surface area contributed by atoms with E-state index >= 15 is 0 Å². The fourth-order valence-electron chi connectivity index (χ4n) is 2.21. The van der Waals surface area contributed by atoms with Gasteiger partial charge in [0.2, 0.25) is 5.91 Å². The Balaban J connectivity index is 1.82. The zero-order valence-corrected chi connectivity index (χ0v) is 11.7. The number of hydrogen-bond donors (Lipinski definition) is 1. The van der Waals surface area contributed by atoms with Gasteiger partial charge in [-0.25, -0.2) is 0 Å². The number of amides is 1. The predicted octanol–water partition coefficient (Wildman–Crippen LogP) is 1.26. The summed E-state index contributed by atoms with van der Waals surface area (Å²) in [6, 6.07) is 7.85. The van der Waals surface area contributed by atoms with Gasteiger partial charge >= 0.3 is 5.97 Å². The van der Waals surface area contributed by atoms with Gasteiger partial charge in [0, 0.05) is 13.7 Å². The van der Waals surface area contributed by atoms with Crippen molar-refractivity contribution in [2.24, 2.45) is 11.8 Å². The molecule has 2 atom stereocenters. The molecule has 0 spiro atoms. The molecule has 1 saturated carbocycles. The number of carbonyl (C=O) groups excluding carboxylic acids is 2. The second-order valence-corrected chi connectivity index (χ2v) is 4.94. The molecule has 1 aliphatic carbocycles. The van der Waals surface area contributed by atoms with Gasteiger partial charge < -0.3 is 14.8 Å². The van der Waals surface area contributed by atoms with E-state index < -0.39 is 0 Å². The molecular weight excluding hydrogens is 258 g/mol. The number of carbonyl (C=O) groups is 2. The van der Waals surface area contributed by atoms with Crippen molar-refractivity contribution in [2.45, 2.75) is 19.6 Å². The molecular formula is C15H19NO4. The van der Waals surface area contributed by atoms with Gasteiger partial charge in [-0.15, -0.1) is 0 Å². The summed E-state index contributed by atoms with van der Waals surface area (Å²) in [7, 11) is 2.99. The van der Waals surface area contributed by atoms with E-state index in [1.807, 2.05) is 24.3 Å². The fraction of sp³-hybridized carbons (Fsp3) is 0.467. The van der Waals surface area contributed by atoms with Gasteiger partial charge in [0.15, 0.2) is 0 Å². The van der Waals surface area contributed by atoms with Gasteiger partial charge in [0.1, 0.15) is 0 Å². The van der Waals surface area contributed by atoms with E-state index in [9.17, 15) is 9.59 Å². The minimum atomic E-state index is -0.299. The molecule has 0 unspecified atom stereocenters. The lowest BCUT2D eigenvalue weighted by Gasteiger charge is -2.07. The van der Waals surface area contributed by atoms with Crippen LogP contribution >= 0.6 is 0 Å². The van der Waals surface area contributed by atoms with E-state index in [4.69, 9.17) is 4.74 Å². The topological polar surface area (TPSA) is 64.6 Å². The van der Waals surface area contributed by atoms with E-state index in [2.05, 4.69) is 10.1 Å². The smallest absolute Gasteiger partial charge is 0.309 e. The molecule has 2 rings (SSSR count). The van der Waals surface area contributed by atoms with Crippen molar-refractivity contribution >= 4 is 11.9 Å². The number of hydrogen-bond acceptors (Lipinski definition) is 4. The molecule has 20 heavy (non-hydrogen) atoms. The molecule has 1 aromatic carbocycles. The molecule has 1 aromatic rings. The fourth-order valence-corrected chi connectivity index (χ4v) is 2.21. The molecule has 0 radical (unpaired) electrons. The first-order chi connectivity index (χ1) is 9.65. The summed E-state index contributed by atoms with van der Waals surface area (Å²) in [6.07, 6.45) is 0.586. The molecule has 0 bridgehead atoms. The third-order valence-electron chi connectivity index (χ3n) is 3.40. The van der Waals surface area contributed by atoms with E-state index in [0.717, 1.165) is 11.1 Å². The average molecular weight is 277 g/mol. The van der Waals surface area contributed by atoms with Crippen LogP contribution in [0.15, 0.2) is 24.3 Å². The zero-order chi connectivity index (χ0) is 14.5. The first kappa shape index (κ1) is 14.5. The van der Waals surface area contributed by atoms with Crippen molar-refractivity contribution < 1.29 is 19.1 Å². The second-order valence-electron chi connectivity index (χ2n) is 4.94. The maximum atomic E-state index is 11.9. The lowest BCUT2D eigenvalue weighted by molar-refractivity contribution is -0.143. The normalized spacial score (nSPS) is 20.3. The molecule has 1 aliphatic rings. The Kier molecular flexibility index (Phi) is 4.74. The Morgan fingerprint density at radius 2 is 2.00 bits per heavy atom. The lowest BCUT2D eigenvalue weighted by atomic mass is 10.1. The third kappa shape index (κ3) is 3.57. The largest absolute Gasteiger partial charge is 0.469 e. The van der Waals surface area contributed by atoms with Crippen LogP contribution in [-0.2, 0) is 32.2 Å². The van der Waals surface area contributed by atoms with Crippen molar-refractivity contribution in [3.8, 4) is 0 Å². The summed E-state index contributed by atoms with van der Waals surface area (Å²) < 4.78 is 9.70. The number of ether oxygens (including phenoxy) is 2. The van der Waals surface area contributed by atoms with Gasteiger partial charge in [-0.05, 0) is 17.5 Å². The summed E-state index contributed by atoms with van der Waals surface area (Å²) in [5.74, 6) is -0.880. The predicted molar refractivity (Wildman–Crippen MR) is 72.6 cm³/mol. The van der Waals surface area contributed by atoms with Crippen molar-refractivity contribution in [3.05, 3.63) is 35.4 Å². The number of esters is 1. The highest BCUT2D eigenvalue weighted by Gasteiger charge is 2.48. The molecule has 5 nitrogen and oxygen atoms in total. The molecule has 108 valence electrons. The Morgan fingerprint density at radius 3 is 2.70 bits per heavy atom. The van der Waals surface area contributed by atoms with Crippen LogP contribution in [0.2, 0.25) is 0 Å². The van der Waals surface area contributed by atoms with Gasteiger partial charge in [0.05, 0.1) is 25.6 Å². The van der Waals surface area contributed by atoms with Gasteiger partial charge in [-0.1, -0.05) is 24.3 Å². The maximum Gasteiger partial charge on any atom is 0.309 e. The molecule has 5 heteroatoms. The molecule has 1 N–H and O–H groups in total. The van der Waals surface area contributed by atoms with Crippen LogP contribution in [0.1, 0.15) is 17.5 Å². The number of rotatable bonds is 6. The molecule has 1 fully saturated rings. The number of benzene rings is 1. The highest BCUT2D eigenvalue weighted by atomic mass is 16.5. The van der Waals surface area contributed by atoms with Crippen LogP contribution in [0.25, 0.3) is 0 Å². The zero-order valence-electron chi connectivity index (χ0n) is 11.7. The Morgan fingerprint density at radius 1 is 1.25 bits per heavy atom. The van der Waals surface area contributed by atoms with Gasteiger partial charge in [0.25, 0.3) is 0 Å². The SMILES string of the molecule is COCc1cccc(CNC(=O)[C@H]2C[C@H]2C(=O)OC)c1. The summed E-state index contributed by atoms with van der Waals surface area (Å²) in [5.41, 5.74) is 2.08. The summed E-state index contributed by atoms with van der Waals surface area (Å²) >= 11 is 0. The molecule has 0 aromatic heterocycles. The summed E-state index contributed by atoms with van der Waals surface area (Å²) in [5, 5.41) is 2.85. The summed E-state index contributed by atoms with van der Waals surface area (Å²) in [4.78, 5) is 23.1. The standard InChI is InChI=1S/C15H19NO4/c1-19-9-11-5-3-4-10(6-11)8-16-14(17)12-7-13(12)15(18)20-2/h3-6,12-13H,7-9H2,1-2H3,(H,16,17)/t12-,13+/m0/s1. The average Bonchev–Trinajstić information content (AvgIpc) is 3.25. The van der Waals surface area contributed by atoms with Crippen LogP contribution in [0.4, 0.5) is 0 Å². The minimum absolute atomic E-state index is 0.0856. The second kappa shape index (κ2) is 6.52. The van der Waals surface area contributed by atoms with Gasteiger partial charge in [-0.3, -0.25) is 9.59 Å². The van der Waals surface area contributed by atoms with Crippen molar-refractivity contribution in [2.75, 3.05) is 14.2 Å². The van der Waals surface area contributed by atoms with Crippen molar-refractivity contribution in [3.63, 3.8) is 0 Å². The summed E-state index contributed by atoms with van der Waals surface area (Å²) in [6.45, 7) is 1.01. The maximum absolute atomic E-state index is 11.9. The van der Waals surface area contributed by atoms with Crippen LogP contribution < -0.4 is 5.32 Å². The van der Waals surface area contributed by atoms with Crippen LogP contribution in [0.5, 0.6) is 0 Å².